The van der Waals surface area contributed by atoms with Crippen molar-refractivity contribution in [3.8, 4) is 0 Å². The lowest BCUT2D eigenvalue weighted by Crippen LogP contribution is -2.36. The molecule has 1 N–H and O–H groups in total. The molecule has 2 aliphatic rings. The quantitative estimate of drug-likeness (QED) is 0.340. The van der Waals surface area contributed by atoms with Crippen molar-refractivity contribution in [1.82, 2.24) is 10.2 Å². The summed E-state index contributed by atoms with van der Waals surface area (Å²) < 4.78 is 11.0. The number of Topliss-reactive ketones (excluding diaryl/α,β-unsaturated/α-hetero) is 1. The number of rotatable bonds is 13. The Morgan fingerprint density at radius 2 is 1.53 bits per heavy atom. The van der Waals surface area contributed by atoms with Crippen molar-refractivity contribution in [2.75, 3.05) is 39.5 Å². The maximum Gasteiger partial charge on any atom is 0.229 e. The van der Waals surface area contributed by atoms with Crippen molar-refractivity contribution >= 4 is 23.5 Å². The van der Waals surface area contributed by atoms with Crippen LogP contribution in [0.1, 0.15) is 72.1 Å². The number of ketones is 1. The normalized spacial score (nSPS) is 21.8. The van der Waals surface area contributed by atoms with Crippen molar-refractivity contribution in [2.24, 2.45) is 17.3 Å². The zero-order valence-electron chi connectivity index (χ0n) is 20.0. The van der Waals surface area contributed by atoms with Crippen LogP contribution in [0.5, 0.6) is 0 Å². The minimum atomic E-state index is -0.394. The van der Waals surface area contributed by atoms with E-state index in [0.29, 0.717) is 76.9 Å². The molecule has 0 spiro atoms. The Kier molecular flexibility index (Phi) is 10.8. The van der Waals surface area contributed by atoms with Gasteiger partial charge in [0.05, 0.1) is 19.8 Å². The van der Waals surface area contributed by atoms with Crippen LogP contribution in [0.15, 0.2) is 0 Å². The van der Waals surface area contributed by atoms with Gasteiger partial charge in [0.1, 0.15) is 5.78 Å². The molecule has 3 amide bonds. The summed E-state index contributed by atoms with van der Waals surface area (Å²) in [5.74, 6) is 0.633. The topological polar surface area (TPSA) is 102 Å². The van der Waals surface area contributed by atoms with Crippen LogP contribution in [0.25, 0.3) is 0 Å². The number of amides is 3. The summed E-state index contributed by atoms with van der Waals surface area (Å²) >= 11 is 0. The van der Waals surface area contributed by atoms with E-state index in [1.807, 2.05) is 20.8 Å². The van der Waals surface area contributed by atoms with E-state index >= 15 is 0 Å². The first-order valence-electron chi connectivity index (χ1n) is 12.0. The lowest BCUT2D eigenvalue weighted by molar-refractivity contribution is -0.139. The zero-order valence-corrected chi connectivity index (χ0v) is 20.0. The third kappa shape index (κ3) is 8.98. The van der Waals surface area contributed by atoms with Gasteiger partial charge in [0.15, 0.2) is 0 Å². The fourth-order valence-corrected chi connectivity index (χ4v) is 4.13. The molecule has 0 radical (unpaired) electrons. The fraction of sp³-hybridized carbons (Fsp3) is 0.833. The smallest absolute Gasteiger partial charge is 0.229 e. The van der Waals surface area contributed by atoms with Gasteiger partial charge < -0.3 is 14.8 Å². The van der Waals surface area contributed by atoms with Gasteiger partial charge in [-0.3, -0.25) is 24.1 Å². The molecule has 0 bridgehead atoms. The predicted molar refractivity (Wildman–Crippen MR) is 120 cm³/mol. The number of hydrogen-bond donors (Lipinski definition) is 1. The molecular formula is C24H40N2O6. The summed E-state index contributed by atoms with van der Waals surface area (Å²) in [6.07, 6.45) is 5.41. The average Bonchev–Trinajstić information content (AvgIpc) is 3.06. The second-order valence-corrected chi connectivity index (χ2v) is 9.92. The summed E-state index contributed by atoms with van der Waals surface area (Å²) in [6.45, 7) is 8.54. The summed E-state index contributed by atoms with van der Waals surface area (Å²) in [5, 5.41) is 2.83. The molecule has 8 nitrogen and oxygen atoms in total. The van der Waals surface area contributed by atoms with E-state index in [0.717, 1.165) is 25.7 Å². The number of hydrogen-bond acceptors (Lipinski definition) is 6. The Balaban J connectivity index is 1.44. The van der Waals surface area contributed by atoms with Crippen LogP contribution in [0.3, 0.4) is 0 Å². The van der Waals surface area contributed by atoms with Gasteiger partial charge in [-0.25, -0.2) is 0 Å². The lowest BCUT2D eigenvalue weighted by atomic mass is 9.79. The molecule has 1 saturated heterocycles. The third-order valence-corrected chi connectivity index (χ3v) is 6.19. The highest BCUT2D eigenvalue weighted by atomic mass is 16.5. The average molecular weight is 453 g/mol. The third-order valence-electron chi connectivity index (χ3n) is 6.19. The maximum absolute atomic E-state index is 12.5. The van der Waals surface area contributed by atoms with Gasteiger partial charge in [-0.05, 0) is 38.0 Å². The molecule has 0 aromatic rings. The first kappa shape index (κ1) is 26.5. The molecule has 8 heteroatoms. The molecule has 0 atom stereocenters. The second kappa shape index (κ2) is 13.0. The van der Waals surface area contributed by atoms with Gasteiger partial charge in [0.2, 0.25) is 17.7 Å². The molecule has 0 aromatic carbocycles. The molecule has 0 unspecified atom stereocenters. The van der Waals surface area contributed by atoms with E-state index in [2.05, 4.69) is 5.32 Å². The van der Waals surface area contributed by atoms with Gasteiger partial charge in [0.25, 0.3) is 0 Å². The molecule has 2 rings (SSSR count). The van der Waals surface area contributed by atoms with E-state index in [-0.39, 0.29) is 23.6 Å². The van der Waals surface area contributed by atoms with Crippen LogP contribution < -0.4 is 5.32 Å². The largest absolute Gasteiger partial charge is 0.379 e. The predicted octanol–water partition coefficient (Wildman–Crippen LogP) is 2.49. The van der Waals surface area contributed by atoms with E-state index in [1.54, 1.807) is 0 Å². The zero-order chi connectivity index (χ0) is 23.6. The maximum atomic E-state index is 12.5. The van der Waals surface area contributed by atoms with Crippen molar-refractivity contribution < 1.29 is 28.7 Å². The lowest BCUT2D eigenvalue weighted by Gasteiger charge is -2.30. The van der Waals surface area contributed by atoms with Crippen LogP contribution in [0.2, 0.25) is 0 Å². The van der Waals surface area contributed by atoms with Gasteiger partial charge in [-0.2, -0.15) is 0 Å². The van der Waals surface area contributed by atoms with E-state index < -0.39 is 5.41 Å². The van der Waals surface area contributed by atoms with E-state index in [1.165, 1.54) is 4.90 Å². The van der Waals surface area contributed by atoms with Crippen LogP contribution >= 0.6 is 0 Å². The van der Waals surface area contributed by atoms with E-state index in [4.69, 9.17) is 9.47 Å². The van der Waals surface area contributed by atoms with E-state index in [9.17, 15) is 19.2 Å². The Hall–Kier alpha value is -1.80. The van der Waals surface area contributed by atoms with Crippen LogP contribution in [0.4, 0.5) is 0 Å². The number of nitrogens with one attached hydrogen (secondary N) is 1. The number of carbonyl (C=O) groups is 4. The number of ether oxygens (including phenoxy) is 2. The molecule has 2 fully saturated rings. The molecule has 1 saturated carbocycles. The Bertz CT molecular complexity index is 633. The fourth-order valence-electron chi connectivity index (χ4n) is 4.13. The number of imide groups is 1. The highest BCUT2D eigenvalue weighted by Gasteiger charge is 2.33. The standard InChI is InChI=1S/C24H40N2O6/c1-24(2,3)23(30)25-12-14-32-16-15-31-13-4-5-20(27)19-8-6-18(7-9-19)17-26-21(28)10-11-22(26)29/h18-19H,4-17H2,1-3H3,(H,25,30). The first-order chi connectivity index (χ1) is 15.2. The molecule has 1 aliphatic carbocycles. The second-order valence-electron chi connectivity index (χ2n) is 9.92. The number of nitrogens with zero attached hydrogens (tertiary/aromatic N) is 1. The number of carbonyl (C=O) groups excluding carboxylic acids is 4. The molecule has 182 valence electrons. The van der Waals surface area contributed by atoms with Crippen molar-refractivity contribution in [2.45, 2.75) is 72.1 Å². The van der Waals surface area contributed by atoms with Crippen LogP contribution in [-0.2, 0) is 28.7 Å². The molecule has 32 heavy (non-hydrogen) atoms. The molecule has 1 heterocycles. The van der Waals surface area contributed by atoms with Crippen molar-refractivity contribution in [3.63, 3.8) is 0 Å². The summed E-state index contributed by atoms with van der Waals surface area (Å²) in [6, 6.07) is 0. The minimum absolute atomic E-state index is 0.00676. The van der Waals surface area contributed by atoms with Crippen LogP contribution in [-0.4, -0.2) is 67.9 Å². The summed E-state index contributed by atoms with van der Waals surface area (Å²) in [4.78, 5) is 49.1. The number of likely N-dealkylation sites (tertiary alicyclic amines) is 1. The Labute approximate surface area is 191 Å². The van der Waals surface area contributed by atoms with Gasteiger partial charge in [-0.1, -0.05) is 20.8 Å². The highest BCUT2D eigenvalue weighted by Crippen LogP contribution is 2.31. The highest BCUT2D eigenvalue weighted by molar-refractivity contribution is 6.01. The monoisotopic (exact) mass is 452 g/mol. The van der Waals surface area contributed by atoms with Gasteiger partial charge >= 0.3 is 0 Å². The SMILES string of the molecule is CC(C)(C)C(=O)NCCOCCOCCCC(=O)C1CCC(CN2C(=O)CCC2=O)CC1. The van der Waals surface area contributed by atoms with Gasteiger partial charge in [-0.15, -0.1) is 0 Å². The first-order valence-corrected chi connectivity index (χ1v) is 12.0. The van der Waals surface area contributed by atoms with Gasteiger partial charge in [0, 0.05) is 50.3 Å². The Morgan fingerprint density at radius 1 is 0.938 bits per heavy atom. The summed E-state index contributed by atoms with van der Waals surface area (Å²) in [7, 11) is 0. The molecule has 0 aromatic heterocycles. The van der Waals surface area contributed by atoms with Crippen molar-refractivity contribution in [1.29, 1.82) is 0 Å². The Morgan fingerprint density at radius 3 is 2.12 bits per heavy atom. The summed E-state index contributed by atoms with van der Waals surface area (Å²) in [5.41, 5.74) is -0.394. The van der Waals surface area contributed by atoms with Crippen molar-refractivity contribution in [3.05, 3.63) is 0 Å². The molecule has 1 aliphatic heterocycles. The van der Waals surface area contributed by atoms with Crippen LogP contribution in [0, 0.1) is 17.3 Å². The molecular weight excluding hydrogens is 412 g/mol. The minimum Gasteiger partial charge on any atom is -0.379 e.